The molecule has 0 bridgehead atoms. The lowest BCUT2D eigenvalue weighted by atomic mass is 10.2. The minimum atomic E-state index is -0.154. The number of amides is 1. The summed E-state index contributed by atoms with van der Waals surface area (Å²) < 4.78 is 5.94. The summed E-state index contributed by atoms with van der Waals surface area (Å²) in [6.45, 7) is 1.80. The van der Waals surface area contributed by atoms with Gasteiger partial charge in [-0.1, -0.05) is 30.0 Å². The van der Waals surface area contributed by atoms with Crippen molar-refractivity contribution >= 4 is 51.4 Å². The van der Waals surface area contributed by atoms with Crippen LogP contribution in [0.25, 0.3) is 17.2 Å². The molecule has 0 spiro atoms. The Hall–Kier alpha value is -1.66. The topological polar surface area (TPSA) is 55.1 Å². The summed E-state index contributed by atoms with van der Waals surface area (Å²) in [6.07, 6.45) is 1.79. The summed E-state index contributed by atoms with van der Waals surface area (Å²) >= 11 is 6.20. The van der Waals surface area contributed by atoms with E-state index in [0.29, 0.717) is 20.7 Å². The fraction of sp³-hybridized carbons (Fsp3) is 0.0833. The van der Waals surface area contributed by atoms with Crippen LogP contribution < -0.4 is 5.32 Å². The van der Waals surface area contributed by atoms with E-state index in [2.05, 4.69) is 10.3 Å². The summed E-state index contributed by atoms with van der Waals surface area (Å²) in [5.74, 6) is 0.475. The lowest BCUT2D eigenvalue weighted by Crippen LogP contribution is -2.17. The molecule has 4 nitrogen and oxygen atoms in total. The van der Waals surface area contributed by atoms with Crippen molar-refractivity contribution in [1.29, 1.82) is 0 Å². The lowest BCUT2D eigenvalue weighted by Gasteiger charge is -1.94. The van der Waals surface area contributed by atoms with Crippen LogP contribution in [0.1, 0.15) is 11.5 Å². The monoisotopic (exact) mass is 276 g/mol. The maximum Gasteiger partial charge on any atom is 0.263 e. The summed E-state index contributed by atoms with van der Waals surface area (Å²) in [6, 6.07) is 5.62. The number of nitrogens with zero attached hydrogens (tertiary/aromatic N) is 1. The molecule has 3 rings (SSSR count). The van der Waals surface area contributed by atoms with Gasteiger partial charge in [-0.3, -0.25) is 4.79 Å². The van der Waals surface area contributed by atoms with Gasteiger partial charge in [0.2, 0.25) is 0 Å². The van der Waals surface area contributed by atoms with Gasteiger partial charge in [-0.25, -0.2) is 4.98 Å². The van der Waals surface area contributed by atoms with Crippen LogP contribution in [0.4, 0.5) is 0 Å². The Morgan fingerprint density at radius 1 is 1.50 bits per heavy atom. The number of oxazole rings is 1. The molecule has 18 heavy (non-hydrogen) atoms. The zero-order valence-electron chi connectivity index (χ0n) is 9.39. The van der Waals surface area contributed by atoms with Crippen LogP contribution in [0.5, 0.6) is 0 Å². The van der Waals surface area contributed by atoms with Crippen molar-refractivity contribution in [3.63, 3.8) is 0 Å². The average molecular weight is 276 g/mol. The number of carbonyl (C=O) groups excluding carboxylic acids is 1. The SMILES string of the molecule is Cc1nc2ccc(C=C3SC(=S)NC3=O)cc2o1. The van der Waals surface area contributed by atoms with Gasteiger partial charge < -0.3 is 9.73 Å². The molecule has 1 amide bonds. The minimum absolute atomic E-state index is 0.154. The van der Waals surface area contributed by atoms with Crippen molar-refractivity contribution in [1.82, 2.24) is 10.3 Å². The third-order valence-electron chi connectivity index (χ3n) is 2.46. The van der Waals surface area contributed by atoms with Crippen LogP contribution in [0.2, 0.25) is 0 Å². The van der Waals surface area contributed by atoms with Gasteiger partial charge in [0.1, 0.15) is 9.84 Å². The highest BCUT2D eigenvalue weighted by molar-refractivity contribution is 8.26. The van der Waals surface area contributed by atoms with Crippen molar-refractivity contribution in [2.75, 3.05) is 0 Å². The van der Waals surface area contributed by atoms with E-state index >= 15 is 0 Å². The lowest BCUT2D eigenvalue weighted by molar-refractivity contribution is -0.115. The van der Waals surface area contributed by atoms with Gasteiger partial charge in [-0.05, 0) is 23.8 Å². The Balaban J connectivity index is 2.02. The number of hydrogen-bond donors (Lipinski definition) is 1. The molecule has 0 radical (unpaired) electrons. The van der Waals surface area contributed by atoms with Crippen molar-refractivity contribution in [2.24, 2.45) is 0 Å². The third kappa shape index (κ3) is 2.04. The van der Waals surface area contributed by atoms with Crippen molar-refractivity contribution < 1.29 is 9.21 Å². The number of fused-ring (bicyclic) bond motifs is 1. The van der Waals surface area contributed by atoms with Crippen LogP contribution in [-0.4, -0.2) is 15.2 Å². The number of benzene rings is 1. The molecule has 1 aromatic carbocycles. The molecule has 1 aliphatic rings. The molecule has 1 fully saturated rings. The Kier molecular flexibility index (Phi) is 2.68. The van der Waals surface area contributed by atoms with Crippen molar-refractivity contribution in [3.05, 3.63) is 34.6 Å². The molecule has 0 aliphatic carbocycles. The normalized spacial score (nSPS) is 17.7. The molecule has 0 unspecified atom stereocenters. The second-order valence-corrected chi connectivity index (χ2v) is 5.53. The quantitative estimate of drug-likeness (QED) is 0.641. The van der Waals surface area contributed by atoms with Crippen LogP contribution in [-0.2, 0) is 4.79 Å². The molecule has 90 valence electrons. The van der Waals surface area contributed by atoms with Crippen molar-refractivity contribution in [2.45, 2.75) is 6.92 Å². The van der Waals surface area contributed by atoms with E-state index in [1.807, 2.05) is 18.2 Å². The van der Waals surface area contributed by atoms with E-state index in [9.17, 15) is 4.79 Å². The van der Waals surface area contributed by atoms with E-state index in [0.717, 1.165) is 11.1 Å². The van der Waals surface area contributed by atoms with Gasteiger partial charge in [0.25, 0.3) is 5.91 Å². The van der Waals surface area contributed by atoms with E-state index in [1.165, 1.54) is 11.8 Å². The molecule has 1 aromatic heterocycles. The van der Waals surface area contributed by atoms with Crippen molar-refractivity contribution in [3.8, 4) is 0 Å². The molecule has 2 aromatic rings. The third-order valence-corrected chi connectivity index (χ3v) is 3.62. The molecule has 0 saturated carbocycles. The Bertz CT molecular complexity index is 703. The highest BCUT2D eigenvalue weighted by Crippen LogP contribution is 2.27. The minimum Gasteiger partial charge on any atom is -0.441 e. The zero-order valence-corrected chi connectivity index (χ0v) is 11.0. The predicted molar refractivity (Wildman–Crippen MR) is 75.1 cm³/mol. The number of thioether (sulfide) groups is 1. The van der Waals surface area contributed by atoms with Crippen LogP contribution in [0, 0.1) is 6.92 Å². The molecule has 1 saturated heterocycles. The van der Waals surface area contributed by atoms with Gasteiger partial charge in [0.05, 0.1) is 4.91 Å². The Morgan fingerprint density at radius 3 is 3.06 bits per heavy atom. The summed E-state index contributed by atoms with van der Waals surface area (Å²) in [5, 5.41) is 2.58. The maximum atomic E-state index is 11.5. The number of nitrogens with one attached hydrogen (secondary N) is 1. The zero-order chi connectivity index (χ0) is 12.7. The second kappa shape index (κ2) is 4.22. The van der Waals surface area contributed by atoms with E-state index in [1.54, 1.807) is 13.0 Å². The number of aromatic nitrogens is 1. The van der Waals surface area contributed by atoms with Gasteiger partial charge in [-0.2, -0.15) is 0 Å². The summed E-state index contributed by atoms with van der Waals surface area (Å²) in [7, 11) is 0. The highest BCUT2D eigenvalue weighted by Gasteiger charge is 2.21. The Labute approximate surface area is 112 Å². The number of rotatable bonds is 1. The van der Waals surface area contributed by atoms with Crippen LogP contribution in [0.3, 0.4) is 0 Å². The van der Waals surface area contributed by atoms with Gasteiger partial charge in [0.15, 0.2) is 11.5 Å². The van der Waals surface area contributed by atoms with E-state index in [4.69, 9.17) is 16.6 Å². The highest BCUT2D eigenvalue weighted by atomic mass is 32.2. The first kappa shape index (κ1) is 11.4. The number of hydrogen-bond acceptors (Lipinski definition) is 5. The largest absolute Gasteiger partial charge is 0.441 e. The first-order valence-electron chi connectivity index (χ1n) is 5.24. The maximum absolute atomic E-state index is 11.5. The smallest absolute Gasteiger partial charge is 0.263 e. The fourth-order valence-electron chi connectivity index (χ4n) is 1.72. The number of aryl methyl sites for hydroxylation is 1. The Morgan fingerprint density at radius 2 is 2.33 bits per heavy atom. The van der Waals surface area contributed by atoms with Gasteiger partial charge in [-0.15, -0.1) is 0 Å². The van der Waals surface area contributed by atoms with Crippen LogP contribution in [0.15, 0.2) is 27.5 Å². The summed E-state index contributed by atoms with van der Waals surface area (Å²) in [4.78, 5) is 16.3. The molecular weight excluding hydrogens is 268 g/mol. The predicted octanol–water partition coefficient (Wildman–Crippen LogP) is 2.63. The van der Waals surface area contributed by atoms with Gasteiger partial charge in [0, 0.05) is 6.92 Å². The van der Waals surface area contributed by atoms with E-state index in [-0.39, 0.29) is 5.91 Å². The number of carbonyl (C=O) groups is 1. The van der Waals surface area contributed by atoms with Crippen LogP contribution >= 0.6 is 24.0 Å². The van der Waals surface area contributed by atoms with E-state index < -0.39 is 0 Å². The first-order chi connectivity index (χ1) is 8.61. The first-order valence-corrected chi connectivity index (χ1v) is 6.46. The molecule has 0 atom stereocenters. The standard InChI is InChI=1S/C12H8N2O2S2/c1-6-13-8-3-2-7(4-9(8)16-6)5-10-11(15)14-12(17)18-10/h2-5H,1H3,(H,14,15,17). The second-order valence-electron chi connectivity index (χ2n) is 3.81. The molecule has 1 N–H and O–H groups in total. The number of thiocarbonyl (C=S) groups is 1. The summed E-state index contributed by atoms with van der Waals surface area (Å²) in [5.41, 5.74) is 2.42. The fourth-order valence-corrected chi connectivity index (χ4v) is 2.76. The molecule has 1 aliphatic heterocycles. The van der Waals surface area contributed by atoms with Gasteiger partial charge >= 0.3 is 0 Å². The average Bonchev–Trinajstić information content (AvgIpc) is 2.80. The molecule has 6 heteroatoms. The molecule has 2 heterocycles. The molecular formula is C12H8N2O2S2.